The zero-order valence-corrected chi connectivity index (χ0v) is 10.4. The molecule has 88 valence electrons. The number of benzene rings is 1. The van der Waals surface area contributed by atoms with E-state index in [0.717, 1.165) is 5.69 Å². The second-order valence-electron chi connectivity index (χ2n) is 4.82. The Hall–Kier alpha value is -1.02. The third kappa shape index (κ3) is 2.38. The van der Waals surface area contributed by atoms with Crippen LogP contribution in [-0.4, -0.2) is 24.5 Å². The van der Waals surface area contributed by atoms with E-state index in [0.29, 0.717) is 5.92 Å². The predicted octanol–water partition coefficient (Wildman–Crippen LogP) is 2.78. The van der Waals surface area contributed by atoms with E-state index in [1.54, 1.807) is 0 Å². The summed E-state index contributed by atoms with van der Waals surface area (Å²) in [4.78, 5) is 2.52. The molecule has 0 radical (unpaired) electrons. The van der Waals surface area contributed by atoms with E-state index in [2.05, 4.69) is 36.9 Å². The minimum absolute atomic E-state index is 0.714. The maximum absolute atomic E-state index is 5.97. The van der Waals surface area contributed by atoms with Crippen LogP contribution in [0.5, 0.6) is 0 Å². The van der Waals surface area contributed by atoms with Crippen LogP contribution in [0.15, 0.2) is 18.2 Å². The fraction of sp³-hybridized carbons (Fsp3) is 0.571. The SMILES string of the molecule is CCN1CCC(c2ccc(C)c(N)c2)CC1. The predicted molar refractivity (Wildman–Crippen MR) is 69.7 cm³/mol. The molecular formula is C14H22N2. The van der Waals surface area contributed by atoms with E-state index >= 15 is 0 Å². The van der Waals surface area contributed by atoms with Crippen LogP contribution in [0.2, 0.25) is 0 Å². The Morgan fingerprint density at radius 2 is 2.00 bits per heavy atom. The third-order valence-electron chi connectivity index (χ3n) is 3.81. The molecule has 1 aliphatic heterocycles. The number of anilines is 1. The van der Waals surface area contributed by atoms with Crippen molar-refractivity contribution in [3.63, 3.8) is 0 Å². The molecule has 1 heterocycles. The molecule has 0 unspecified atom stereocenters. The zero-order valence-electron chi connectivity index (χ0n) is 10.4. The Balaban J connectivity index is 2.05. The lowest BCUT2D eigenvalue weighted by atomic mass is 9.88. The first-order valence-corrected chi connectivity index (χ1v) is 6.29. The molecule has 2 nitrogen and oxygen atoms in total. The van der Waals surface area contributed by atoms with Crippen molar-refractivity contribution in [1.82, 2.24) is 4.90 Å². The van der Waals surface area contributed by atoms with Crippen LogP contribution in [0.3, 0.4) is 0 Å². The average molecular weight is 218 g/mol. The summed E-state index contributed by atoms with van der Waals surface area (Å²) in [5, 5.41) is 0. The van der Waals surface area contributed by atoms with Crippen molar-refractivity contribution in [2.75, 3.05) is 25.4 Å². The number of piperidine rings is 1. The van der Waals surface area contributed by atoms with Crippen LogP contribution in [0.25, 0.3) is 0 Å². The summed E-state index contributed by atoms with van der Waals surface area (Å²) in [6.45, 7) is 7.95. The van der Waals surface area contributed by atoms with Crippen molar-refractivity contribution in [2.45, 2.75) is 32.6 Å². The molecule has 2 heteroatoms. The van der Waals surface area contributed by atoms with Crippen molar-refractivity contribution in [1.29, 1.82) is 0 Å². The minimum Gasteiger partial charge on any atom is -0.399 e. The number of nitrogen functional groups attached to an aromatic ring is 1. The zero-order chi connectivity index (χ0) is 11.5. The lowest BCUT2D eigenvalue weighted by Crippen LogP contribution is -2.32. The Labute approximate surface area is 98.4 Å². The molecule has 2 N–H and O–H groups in total. The van der Waals surface area contributed by atoms with Gasteiger partial charge in [0.15, 0.2) is 0 Å². The van der Waals surface area contributed by atoms with Crippen molar-refractivity contribution >= 4 is 5.69 Å². The summed E-state index contributed by atoms with van der Waals surface area (Å²) >= 11 is 0. The molecule has 0 spiro atoms. The fourth-order valence-corrected chi connectivity index (χ4v) is 2.50. The molecule has 1 aliphatic rings. The Morgan fingerprint density at radius 3 is 2.56 bits per heavy atom. The van der Waals surface area contributed by atoms with Crippen molar-refractivity contribution < 1.29 is 0 Å². The first-order valence-electron chi connectivity index (χ1n) is 6.29. The van der Waals surface area contributed by atoms with Gasteiger partial charge in [-0.25, -0.2) is 0 Å². The number of nitrogens with two attached hydrogens (primary N) is 1. The van der Waals surface area contributed by atoms with Crippen LogP contribution in [0, 0.1) is 6.92 Å². The largest absolute Gasteiger partial charge is 0.399 e. The van der Waals surface area contributed by atoms with E-state index in [9.17, 15) is 0 Å². The molecule has 0 amide bonds. The van der Waals surface area contributed by atoms with E-state index in [-0.39, 0.29) is 0 Å². The molecule has 0 atom stereocenters. The van der Waals surface area contributed by atoms with Crippen molar-refractivity contribution in [3.05, 3.63) is 29.3 Å². The number of likely N-dealkylation sites (tertiary alicyclic amines) is 1. The van der Waals surface area contributed by atoms with Gasteiger partial charge in [0.1, 0.15) is 0 Å². The summed E-state index contributed by atoms with van der Waals surface area (Å²) < 4.78 is 0. The Kier molecular flexibility index (Phi) is 3.49. The number of rotatable bonds is 2. The second kappa shape index (κ2) is 4.88. The summed E-state index contributed by atoms with van der Waals surface area (Å²) in [7, 11) is 0. The van der Waals surface area contributed by atoms with E-state index in [1.807, 2.05) is 0 Å². The number of hydrogen-bond donors (Lipinski definition) is 1. The molecule has 16 heavy (non-hydrogen) atoms. The summed E-state index contributed by atoms with van der Waals surface area (Å²) in [5.74, 6) is 0.714. The van der Waals surface area contributed by atoms with Gasteiger partial charge in [-0.15, -0.1) is 0 Å². The molecular weight excluding hydrogens is 196 g/mol. The van der Waals surface area contributed by atoms with Crippen molar-refractivity contribution in [2.24, 2.45) is 0 Å². The molecule has 1 aromatic rings. The van der Waals surface area contributed by atoms with Crippen LogP contribution in [0.1, 0.15) is 36.8 Å². The molecule has 0 aliphatic carbocycles. The smallest absolute Gasteiger partial charge is 0.0346 e. The molecule has 1 fully saturated rings. The van der Waals surface area contributed by atoms with E-state index < -0.39 is 0 Å². The molecule has 0 aromatic heterocycles. The lowest BCUT2D eigenvalue weighted by molar-refractivity contribution is 0.222. The highest BCUT2D eigenvalue weighted by atomic mass is 15.1. The van der Waals surface area contributed by atoms with E-state index in [1.165, 1.54) is 43.6 Å². The van der Waals surface area contributed by atoms with Gasteiger partial charge in [0.2, 0.25) is 0 Å². The molecule has 2 rings (SSSR count). The van der Waals surface area contributed by atoms with Gasteiger partial charge < -0.3 is 10.6 Å². The monoisotopic (exact) mass is 218 g/mol. The summed E-state index contributed by atoms with van der Waals surface area (Å²) in [5.41, 5.74) is 9.53. The van der Waals surface area contributed by atoms with E-state index in [4.69, 9.17) is 5.73 Å². The van der Waals surface area contributed by atoms with Crippen molar-refractivity contribution in [3.8, 4) is 0 Å². The highest BCUT2D eigenvalue weighted by Crippen LogP contribution is 2.29. The van der Waals surface area contributed by atoms with Crippen LogP contribution in [-0.2, 0) is 0 Å². The van der Waals surface area contributed by atoms with Crippen LogP contribution >= 0.6 is 0 Å². The van der Waals surface area contributed by atoms with Gasteiger partial charge in [-0.1, -0.05) is 19.1 Å². The van der Waals surface area contributed by atoms with Gasteiger partial charge in [0.05, 0.1) is 0 Å². The average Bonchev–Trinajstić information content (AvgIpc) is 2.33. The van der Waals surface area contributed by atoms with Gasteiger partial charge in [0.25, 0.3) is 0 Å². The quantitative estimate of drug-likeness (QED) is 0.773. The topological polar surface area (TPSA) is 29.3 Å². The minimum atomic E-state index is 0.714. The second-order valence-corrected chi connectivity index (χ2v) is 4.82. The number of aryl methyl sites for hydroxylation is 1. The van der Waals surface area contributed by atoms with Crippen LogP contribution < -0.4 is 5.73 Å². The molecule has 1 aromatic carbocycles. The normalized spacial score (nSPS) is 18.9. The molecule has 0 bridgehead atoms. The van der Waals surface area contributed by atoms with Crippen LogP contribution in [0.4, 0.5) is 5.69 Å². The third-order valence-corrected chi connectivity index (χ3v) is 3.81. The standard InChI is InChI=1S/C14H22N2/c1-3-16-8-6-12(7-9-16)13-5-4-11(2)14(15)10-13/h4-5,10,12H,3,6-9,15H2,1-2H3. The highest BCUT2D eigenvalue weighted by molar-refractivity contribution is 5.49. The number of hydrogen-bond acceptors (Lipinski definition) is 2. The molecule has 1 saturated heterocycles. The Bertz CT molecular complexity index is 352. The first kappa shape index (κ1) is 11.5. The Morgan fingerprint density at radius 1 is 1.31 bits per heavy atom. The summed E-state index contributed by atoms with van der Waals surface area (Å²) in [6, 6.07) is 6.57. The maximum Gasteiger partial charge on any atom is 0.0346 e. The van der Waals surface area contributed by atoms with Gasteiger partial charge >= 0.3 is 0 Å². The highest BCUT2D eigenvalue weighted by Gasteiger charge is 2.19. The maximum atomic E-state index is 5.97. The fourth-order valence-electron chi connectivity index (χ4n) is 2.50. The van der Waals surface area contributed by atoms with Gasteiger partial charge in [0, 0.05) is 5.69 Å². The first-order chi connectivity index (χ1) is 7.70. The molecule has 0 saturated carbocycles. The lowest BCUT2D eigenvalue weighted by Gasteiger charge is -2.31. The number of nitrogens with zero attached hydrogens (tertiary/aromatic N) is 1. The van der Waals surface area contributed by atoms with Gasteiger partial charge in [-0.2, -0.15) is 0 Å². The van der Waals surface area contributed by atoms with Gasteiger partial charge in [-0.3, -0.25) is 0 Å². The summed E-state index contributed by atoms with van der Waals surface area (Å²) in [6.07, 6.45) is 2.55. The van der Waals surface area contributed by atoms with Gasteiger partial charge in [-0.05, 0) is 62.5 Å².